The Kier molecular flexibility index (Phi) is 8.68. The van der Waals surface area contributed by atoms with Crippen molar-refractivity contribution in [3.8, 4) is 0 Å². The molecule has 2 aromatic rings. The quantitative estimate of drug-likeness (QED) is 0.376. The van der Waals surface area contributed by atoms with Crippen molar-refractivity contribution < 1.29 is 0 Å². The van der Waals surface area contributed by atoms with Crippen LogP contribution in [0, 0.1) is 5.92 Å². The summed E-state index contributed by atoms with van der Waals surface area (Å²) in [7, 11) is 4.09. The molecule has 2 atom stereocenters. The Morgan fingerprint density at radius 2 is 2.20 bits per heavy atom. The highest BCUT2D eigenvalue weighted by atomic mass is 127. The van der Waals surface area contributed by atoms with Gasteiger partial charge in [0, 0.05) is 31.1 Å². The monoisotopic (exact) mass is 490 g/mol. The van der Waals surface area contributed by atoms with Gasteiger partial charge in [0.15, 0.2) is 5.96 Å². The fourth-order valence-electron chi connectivity index (χ4n) is 3.41. The van der Waals surface area contributed by atoms with Gasteiger partial charge in [-0.3, -0.25) is 9.89 Å². The predicted octanol–water partition coefficient (Wildman–Crippen LogP) is 4.18. The third-order valence-electron chi connectivity index (χ3n) is 4.64. The molecule has 4 nitrogen and oxygen atoms in total. The lowest BCUT2D eigenvalue weighted by atomic mass is 9.88. The predicted molar refractivity (Wildman–Crippen MR) is 120 cm³/mol. The van der Waals surface area contributed by atoms with Crippen molar-refractivity contribution >= 4 is 52.6 Å². The highest BCUT2D eigenvalue weighted by Gasteiger charge is 2.31. The van der Waals surface area contributed by atoms with E-state index in [0.29, 0.717) is 12.0 Å². The number of nitrogens with zero attached hydrogens (tertiary/aromatic N) is 2. The molecule has 7 heteroatoms. The molecule has 1 fully saturated rings. The summed E-state index contributed by atoms with van der Waals surface area (Å²) in [5.74, 6) is 1.50. The zero-order chi connectivity index (χ0) is 16.8. The molecule has 0 saturated carbocycles. The van der Waals surface area contributed by atoms with Crippen LogP contribution in [0.1, 0.15) is 29.3 Å². The van der Waals surface area contributed by atoms with Gasteiger partial charge in [0.05, 0.1) is 0 Å². The highest BCUT2D eigenvalue weighted by Crippen LogP contribution is 2.36. The highest BCUT2D eigenvalue weighted by molar-refractivity contribution is 14.0. The lowest BCUT2D eigenvalue weighted by Gasteiger charge is -2.39. The molecular formula is C18H27IN4S2. The summed E-state index contributed by atoms with van der Waals surface area (Å²) in [4.78, 5) is 8.35. The Balaban J connectivity index is 0.00000225. The molecule has 2 aromatic heterocycles. The zero-order valence-corrected chi connectivity index (χ0v) is 18.7. The van der Waals surface area contributed by atoms with E-state index < -0.39 is 0 Å². The largest absolute Gasteiger partial charge is 0.356 e. The summed E-state index contributed by atoms with van der Waals surface area (Å²) >= 11 is 3.60. The van der Waals surface area contributed by atoms with E-state index in [0.717, 1.165) is 19.0 Å². The normalized spacial score (nSPS) is 21.6. The number of aliphatic imine (C=N–C) groups is 1. The average Bonchev–Trinajstić information content (AvgIpc) is 3.29. The number of piperidine rings is 1. The second-order valence-corrected chi connectivity index (χ2v) is 8.04. The molecule has 1 saturated heterocycles. The molecule has 0 spiro atoms. The van der Waals surface area contributed by atoms with Crippen LogP contribution in [0.25, 0.3) is 0 Å². The van der Waals surface area contributed by atoms with Crippen LogP contribution in [-0.2, 0) is 6.54 Å². The Bertz CT molecular complexity index is 628. The number of hydrogen-bond donors (Lipinski definition) is 2. The van der Waals surface area contributed by atoms with Crippen LogP contribution < -0.4 is 10.6 Å². The summed E-state index contributed by atoms with van der Waals surface area (Å²) in [5, 5.41) is 13.4. The SMILES string of the molecule is CN=C(NCc1ccsc1)NCC1CCCN(C)C1c1cccs1.I. The first-order valence-electron chi connectivity index (χ1n) is 8.47. The van der Waals surface area contributed by atoms with Crippen LogP contribution in [0.5, 0.6) is 0 Å². The molecule has 2 unspecified atom stereocenters. The van der Waals surface area contributed by atoms with Crippen molar-refractivity contribution in [3.63, 3.8) is 0 Å². The summed E-state index contributed by atoms with van der Waals surface area (Å²) in [5.41, 5.74) is 1.30. The van der Waals surface area contributed by atoms with E-state index in [1.807, 2.05) is 18.4 Å². The van der Waals surface area contributed by atoms with E-state index in [1.165, 1.54) is 29.8 Å². The third-order valence-corrected chi connectivity index (χ3v) is 6.31. The Hall–Kier alpha value is -0.640. The minimum atomic E-state index is 0. The number of nitrogens with one attached hydrogen (secondary N) is 2. The van der Waals surface area contributed by atoms with Crippen LogP contribution in [0.15, 0.2) is 39.3 Å². The molecule has 0 amide bonds. The van der Waals surface area contributed by atoms with E-state index in [9.17, 15) is 0 Å². The van der Waals surface area contributed by atoms with Crippen LogP contribution in [0.3, 0.4) is 0 Å². The molecule has 0 aromatic carbocycles. The molecule has 25 heavy (non-hydrogen) atoms. The molecule has 0 radical (unpaired) electrons. The van der Waals surface area contributed by atoms with Gasteiger partial charge in [-0.15, -0.1) is 35.3 Å². The van der Waals surface area contributed by atoms with Gasteiger partial charge >= 0.3 is 0 Å². The van der Waals surface area contributed by atoms with Crippen molar-refractivity contribution in [1.29, 1.82) is 0 Å². The zero-order valence-electron chi connectivity index (χ0n) is 14.8. The van der Waals surface area contributed by atoms with Gasteiger partial charge in [-0.25, -0.2) is 0 Å². The minimum absolute atomic E-state index is 0. The maximum absolute atomic E-state index is 4.37. The number of halogens is 1. The topological polar surface area (TPSA) is 39.7 Å². The van der Waals surface area contributed by atoms with Crippen molar-refractivity contribution in [2.45, 2.75) is 25.4 Å². The van der Waals surface area contributed by atoms with Gasteiger partial charge in [-0.2, -0.15) is 11.3 Å². The third kappa shape index (κ3) is 5.67. The fourth-order valence-corrected chi connectivity index (χ4v) is 5.06. The van der Waals surface area contributed by atoms with Crippen LogP contribution in [0.2, 0.25) is 0 Å². The molecule has 0 aliphatic carbocycles. The molecule has 3 rings (SSSR count). The molecule has 2 N–H and O–H groups in total. The van der Waals surface area contributed by atoms with Crippen LogP contribution in [0.4, 0.5) is 0 Å². The van der Waals surface area contributed by atoms with Crippen LogP contribution in [-0.4, -0.2) is 38.0 Å². The summed E-state index contributed by atoms with van der Waals surface area (Å²) < 4.78 is 0. The van der Waals surface area contributed by atoms with Crippen molar-refractivity contribution in [3.05, 3.63) is 44.8 Å². The molecule has 1 aliphatic heterocycles. The van der Waals surface area contributed by atoms with Crippen molar-refractivity contribution in [1.82, 2.24) is 15.5 Å². The summed E-state index contributed by atoms with van der Waals surface area (Å²) in [6.07, 6.45) is 2.53. The first kappa shape index (κ1) is 20.7. The van der Waals surface area contributed by atoms with Gasteiger partial charge in [0.2, 0.25) is 0 Å². The second kappa shape index (κ2) is 10.5. The molecule has 0 bridgehead atoms. The number of thiophene rings is 2. The Labute approximate surface area is 175 Å². The van der Waals surface area contributed by atoms with Gasteiger partial charge < -0.3 is 10.6 Å². The molecule has 1 aliphatic rings. The first-order chi connectivity index (χ1) is 11.8. The summed E-state index contributed by atoms with van der Waals surface area (Å²) in [6, 6.07) is 7.09. The lowest BCUT2D eigenvalue weighted by Crippen LogP contribution is -2.44. The average molecular weight is 490 g/mol. The van der Waals surface area contributed by atoms with Crippen molar-refractivity contribution in [2.75, 3.05) is 27.2 Å². The van der Waals surface area contributed by atoms with E-state index in [2.05, 4.69) is 61.9 Å². The number of hydrogen-bond acceptors (Lipinski definition) is 4. The fraction of sp³-hybridized carbons (Fsp3) is 0.500. The standard InChI is InChI=1S/C18H26N4S2.HI/c1-19-18(20-11-14-7-10-23-13-14)21-12-15-5-3-8-22(2)17(15)16-6-4-9-24-16;/h4,6-7,9-10,13,15,17H,3,5,8,11-12H2,1-2H3,(H2,19,20,21);1H. The number of guanidine groups is 1. The number of likely N-dealkylation sites (tertiary alicyclic amines) is 1. The molecular weight excluding hydrogens is 463 g/mol. The van der Waals surface area contributed by atoms with Gasteiger partial charge in [-0.05, 0) is 66.2 Å². The smallest absolute Gasteiger partial charge is 0.191 e. The minimum Gasteiger partial charge on any atom is -0.356 e. The molecule has 138 valence electrons. The Morgan fingerprint density at radius 1 is 1.32 bits per heavy atom. The summed E-state index contributed by atoms with van der Waals surface area (Å²) in [6.45, 7) is 2.96. The molecule has 3 heterocycles. The maximum atomic E-state index is 4.37. The Morgan fingerprint density at radius 3 is 2.88 bits per heavy atom. The van der Waals surface area contributed by atoms with E-state index in [1.54, 1.807) is 11.3 Å². The van der Waals surface area contributed by atoms with Gasteiger partial charge in [0.25, 0.3) is 0 Å². The maximum Gasteiger partial charge on any atom is 0.191 e. The first-order valence-corrected chi connectivity index (χ1v) is 10.3. The van der Waals surface area contributed by atoms with E-state index in [-0.39, 0.29) is 24.0 Å². The van der Waals surface area contributed by atoms with E-state index >= 15 is 0 Å². The van der Waals surface area contributed by atoms with Crippen LogP contribution >= 0.6 is 46.7 Å². The van der Waals surface area contributed by atoms with Gasteiger partial charge in [-0.1, -0.05) is 6.07 Å². The second-order valence-electron chi connectivity index (χ2n) is 6.28. The van der Waals surface area contributed by atoms with E-state index in [4.69, 9.17) is 0 Å². The lowest BCUT2D eigenvalue weighted by molar-refractivity contribution is 0.125. The van der Waals surface area contributed by atoms with Crippen molar-refractivity contribution in [2.24, 2.45) is 10.9 Å². The number of rotatable bonds is 5. The van der Waals surface area contributed by atoms with Gasteiger partial charge in [0.1, 0.15) is 0 Å².